The standard InChI is InChI=1S/C17H23N3S/c1-12(10-11-20(2)3)19-16-9-8-15(17(18)21)13-6-4-5-7-14(13)16/h4-9,12,19H,10-11H2,1-3H3,(H2,18,21). The summed E-state index contributed by atoms with van der Waals surface area (Å²) in [4.78, 5) is 2.64. The van der Waals surface area contributed by atoms with Gasteiger partial charge in [0.05, 0.1) is 0 Å². The van der Waals surface area contributed by atoms with E-state index in [9.17, 15) is 0 Å². The number of nitrogens with two attached hydrogens (primary N) is 1. The first kappa shape index (κ1) is 15.7. The molecular formula is C17H23N3S. The summed E-state index contributed by atoms with van der Waals surface area (Å²) in [7, 11) is 4.19. The molecule has 0 aromatic heterocycles. The lowest BCUT2D eigenvalue weighted by Gasteiger charge is -2.19. The van der Waals surface area contributed by atoms with Crippen LogP contribution in [-0.4, -0.2) is 36.6 Å². The highest BCUT2D eigenvalue weighted by Gasteiger charge is 2.09. The van der Waals surface area contributed by atoms with Crippen LogP contribution in [0.15, 0.2) is 36.4 Å². The third kappa shape index (κ3) is 3.93. The van der Waals surface area contributed by atoms with Crippen LogP contribution in [0, 0.1) is 0 Å². The van der Waals surface area contributed by atoms with Crippen LogP contribution in [0.4, 0.5) is 5.69 Å². The molecule has 0 heterocycles. The van der Waals surface area contributed by atoms with Gasteiger partial charge in [0.25, 0.3) is 0 Å². The van der Waals surface area contributed by atoms with Gasteiger partial charge in [0.15, 0.2) is 0 Å². The summed E-state index contributed by atoms with van der Waals surface area (Å²) in [5.74, 6) is 0. The number of benzene rings is 2. The van der Waals surface area contributed by atoms with E-state index in [-0.39, 0.29) is 0 Å². The lowest BCUT2D eigenvalue weighted by Crippen LogP contribution is -2.23. The van der Waals surface area contributed by atoms with E-state index < -0.39 is 0 Å². The fourth-order valence-corrected chi connectivity index (χ4v) is 2.61. The molecule has 3 nitrogen and oxygen atoms in total. The first-order valence-corrected chi connectivity index (χ1v) is 7.62. The van der Waals surface area contributed by atoms with Gasteiger partial charge in [0.1, 0.15) is 4.99 Å². The van der Waals surface area contributed by atoms with E-state index in [1.165, 1.54) is 5.39 Å². The molecule has 0 aliphatic heterocycles. The molecule has 21 heavy (non-hydrogen) atoms. The quantitative estimate of drug-likeness (QED) is 0.804. The summed E-state index contributed by atoms with van der Waals surface area (Å²) in [6.45, 7) is 3.27. The van der Waals surface area contributed by atoms with Gasteiger partial charge < -0.3 is 16.0 Å². The Kier molecular flexibility index (Phi) is 5.15. The van der Waals surface area contributed by atoms with Crippen molar-refractivity contribution in [2.24, 2.45) is 5.73 Å². The first-order valence-electron chi connectivity index (χ1n) is 7.22. The van der Waals surface area contributed by atoms with Gasteiger partial charge in [-0.2, -0.15) is 0 Å². The zero-order valence-corrected chi connectivity index (χ0v) is 13.7. The lowest BCUT2D eigenvalue weighted by atomic mass is 10.0. The number of thiocarbonyl (C=S) groups is 1. The van der Waals surface area contributed by atoms with Crippen molar-refractivity contribution in [2.45, 2.75) is 19.4 Å². The minimum atomic E-state index is 0.409. The number of rotatable bonds is 6. The van der Waals surface area contributed by atoms with Crippen molar-refractivity contribution < 1.29 is 0 Å². The Labute approximate surface area is 132 Å². The van der Waals surface area contributed by atoms with Crippen molar-refractivity contribution >= 4 is 33.7 Å². The van der Waals surface area contributed by atoms with E-state index in [0.29, 0.717) is 11.0 Å². The third-order valence-corrected chi connectivity index (χ3v) is 3.82. The monoisotopic (exact) mass is 301 g/mol. The highest BCUT2D eigenvalue weighted by atomic mass is 32.1. The molecule has 2 aromatic carbocycles. The Morgan fingerprint density at radius 3 is 2.48 bits per heavy atom. The smallest absolute Gasteiger partial charge is 0.104 e. The molecule has 2 aromatic rings. The molecule has 1 atom stereocenters. The Bertz CT molecular complexity index is 637. The molecule has 112 valence electrons. The lowest BCUT2D eigenvalue weighted by molar-refractivity contribution is 0.390. The van der Waals surface area contributed by atoms with E-state index >= 15 is 0 Å². The van der Waals surface area contributed by atoms with E-state index in [2.05, 4.69) is 49.4 Å². The van der Waals surface area contributed by atoms with Gasteiger partial charge >= 0.3 is 0 Å². The maximum atomic E-state index is 5.82. The summed E-state index contributed by atoms with van der Waals surface area (Å²) < 4.78 is 0. The van der Waals surface area contributed by atoms with Crippen molar-refractivity contribution in [1.82, 2.24) is 4.90 Å². The molecule has 0 bridgehead atoms. The maximum Gasteiger partial charge on any atom is 0.104 e. The molecule has 0 saturated heterocycles. The van der Waals surface area contributed by atoms with Gasteiger partial charge in [0, 0.05) is 22.7 Å². The molecular weight excluding hydrogens is 278 g/mol. The second-order valence-corrected chi connectivity index (χ2v) is 6.15. The number of hydrogen-bond acceptors (Lipinski definition) is 3. The van der Waals surface area contributed by atoms with Crippen LogP contribution in [0.25, 0.3) is 10.8 Å². The summed E-state index contributed by atoms with van der Waals surface area (Å²) in [6.07, 6.45) is 1.10. The zero-order valence-electron chi connectivity index (χ0n) is 12.9. The predicted octanol–water partition coefficient (Wildman–Crippen LogP) is 3.23. The fraction of sp³-hybridized carbons (Fsp3) is 0.353. The summed E-state index contributed by atoms with van der Waals surface area (Å²) >= 11 is 5.14. The molecule has 0 fully saturated rings. The van der Waals surface area contributed by atoms with Gasteiger partial charge in [-0.3, -0.25) is 0 Å². The van der Waals surface area contributed by atoms with Crippen LogP contribution in [-0.2, 0) is 0 Å². The molecule has 0 aliphatic rings. The number of fused-ring (bicyclic) bond motifs is 1. The minimum absolute atomic E-state index is 0.409. The Morgan fingerprint density at radius 2 is 1.86 bits per heavy atom. The van der Waals surface area contributed by atoms with E-state index in [1.54, 1.807) is 0 Å². The second kappa shape index (κ2) is 6.87. The molecule has 3 N–H and O–H groups in total. The fourth-order valence-electron chi connectivity index (χ4n) is 2.43. The molecule has 0 amide bonds. The second-order valence-electron chi connectivity index (χ2n) is 5.71. The number of hydrogen-bond donors (Lipinski definition) is 2. The zero-order chi connectivity index (χ0) is 15.4. The maximum absolute atomic E-state index is 5.82. The summed E-state index contributed by atoms with van der Waals surface area (Å²) in [6, 6.07) is 12.7. The third-order valence-electron chi connectivity index (χ3n) is 3.60. The van der Waals surface area contributed by atoms with E-state index in [0.717, 1.165) is 29.6 Å². The molecule has 4 heteroatoms. The highest BCUT2D eigenvalue weighted by molar-refractivity contribution is 7.80. The SMILES string of the molecule is CC(CCN(C)C)Nc1ccc(C(N)=S)c2ccccc12. The number of nitrogens with one attached hydrogen (secondary N) is 1. The van der Waals surface area contributed by atoms with Crippen LogP contribution in [0.2, 0.25) is 0 Å². The van der Waals surface area contributed by atoms with Crippen molar-refractivity contribution in [3.8, 4) is 0 Å². The Morgan fingerprint density at radius 1 is 1.19 bits per heavy atom. The van der Waals surface area contributed by atoms with Crippen molar-refractivity contribution in [3.05, 3.63) is 42.0 Å². The van der Waals surface area contributed by atoms with E-state index in [4.69, 9.17) is 18.0 Å². The molecule has 0 saturated carbocycles. The van der Waals surface area contributed by atoms with Crippen molar-refractivity contribution in [3.63, 3.8) is 0 Å². The van der Waals surface area contributed by atoms with E-state index in [1.807, 2.05) is 18.2 Å². The molecule has 2 rings (SSSR count). The number of nitrogens with zero attached hydrogens (tertiary/aromatic N) is 1. The Balaban J connectivity index is 2.29. The van der Waals surface area contributed by atoms with Gasteiger partial charge in [-0.1, -0.05) is 36.5 Å². The van der Waals surface area contributed by atoms with Crippen molar-refractivity contribution in [1.29, 1.82) is 0 Å². The average molecular weight is 301 g/mol. The largest absolute Gasteiger partial charge is 0.389 e. The summed E-state index contributed by atoms with van der Waals surface area (Å²) in [5, 5.41) is 5.87. The van der Waals surface area contributed by atoms with Crippen LogP contribution in [0.3, 0.4) is 0 Å². The van der Waals surface area contributed by atoms with Gasteiger partial charge in [-0.05, 0) is 51.5 Å². The molecule has 0 spiro atoms. The van der Waals surface area contributed by atoms with Crippen LogP contribution >= 0.6 is 12.2 Å². The average Bonchev–Trinajstić information content (AvgIpc) is 2.45. The normalized spacial score (nSPS) is 12.6. The Hall–Kier alpha value is -1.65. The molecule has 0 aliphatic carbocycles. The first-order chi connectivity index (χ1) is 9.99. The highest BCUT2D eigenvalue weighted by Crippen LogP contribution is 2.27. The van der Waals surface area contributed by atoms with Crippen molar-refractivity contribution in [2.75, 3.05) is 26.0 Å². The predicted molar refractivity (Wildman–Crippen MR) is 96.1 cm³/mol. The summed E-state index contributed by atoms with van der Waals surface area (Å²) in [5.41, 5.74) is 7.89. The van der Waals surface area contributed by atoms with Crippen LogP contribution in [0.1, 0.15) is 18.9 Å². The minimum Gasteiger partial charge on any atom is -0.389 e. The van der Waals surface area contributed by atoms with Crippen LogP contribution < -0.4 is 11.1 Å². The van der Waals surface area contributed by atoms with Crippen LogP contribution in [0.5, 0.6) is 0 Å². The molecule has 0 radical (unpaired) electrons. The number of anilines is 1. The van der Waals surface area contributed by atoms with Gasteiger partial charge in [-0.15, -0.1) is 0 Å². The van der Waals surface area contributed by atoms with Gasteiger partial charge in [0.2, 0.25) is 0 Å². The topological polar surface area (TPSA) is 41.3 Å². The molecule has 1 unspecified atom stereocenters. The van der Waals surface area contributed by atoms with Gasteiger partial charge in [-0.25, -0.2) is 0 Å².